The van der Waals surface area contributed by atoms with E-state index in [-0.39, 0.29) is 5.41 Å². The van der Waals surface area contributed by atoms with Gasteiger partial charge in [-0.15, -0.1) is 0 Å². The first-order chi connectivity index (χ1) is 6.07. The summed E-state index contributed by atoms with van der Waals surface area (Å²) in [7, 11) is 4.11. The number of hydrogen-bond acceptors (Lipinski definition) is 2. The molecule has 0 heterocycles. The van der Waals surface area contributed by atoms with Gasteiger partial charge in [0.25, 0.3) is 0 Å². The summed E-state index contributed by atoms with van der Waals surface area (Å²) in [4.78, 5) is 13.8. The highest BCUT2D eigenvalue weighted by Gasteiger charge is 2.36. The van der Waals surface area contributed by atoms with E-state index in [2.05, 4.69) is 19.0 Å². The van der Waals surface area contributed by atoms with Crippen LogP contribution in [0.2, 0.25) is 0 Å². The van der Waals surface area contributed by atoms with Gasteiger partial charge in [0.15, 0.2) is 0 Å². The highest BCUT2D eigenvalue weighted by Crippen LogP contribution is 2.37. The molecule has 0 aliphatic heterocycles. The molecule has 76 valence electrons. The van der Waals surface area contributed by atoms with Crippen molar-refractivity contribution in [3.8, 4) is 0 Å². The summed E-state index contributed by atoms with van der Waals surface area (Å²) in [5.74, 6) is 0.390. The number of ketones is 1. The van der Waals surface area contributed by atoms with E-state index in [1.807, 2.05) is 0 Å². The first-order valence-corrected chi connectivity index (χ1v) is 5.23. The summed E-state index contributed by atoms with van der Waals surface area (Å²) in [6.07, 6.45) is 5.96. The fraction of sp³-hybridized carbons (Fsp3) is 0.909. The fourth-order valence-electron chi connectivity index (χ4n) is 2.46. The summed E-state index contributed by atoms with van der Waals surface area (Å²) in [6, 6.07) is 0. The standard InChI is InChI=1S/C11H21NO/c1-10(13)11(9-12(2)3)7-5-4-6-8-11/h4-9H2,1-3H3. The Morgan fingerprint density at radius 3 is 2.15 bits per heavy atom. The van der Waals surface area contributed by atoms with Crippen LogP contribution in [0.1, 0.15) is 39.0 Å². The third-order valence-corrected chi connectivity index (χ3v) is 3.18. The van der Waals surface area contributed by atoms with E-state index >= 15 is 0 Å². The molecule has 1 fully saturated rings. The average Bonchev–Trinajstić information content (AvgIpc) is 2.04. The summed E-state index contributed by atoms with van der Waals surface area (Å²) < 4.78 is 0. The van der Waals surface area contributed by atoms with Gasteiger partial charge in [0.05, 0.1) is 0 Å². The molecule has 0 aromatic carbocycles. The van der Waals surface area contributed by atoms with Crippen LogP contribution in [0.3, 0.4) is 0 Å². The van der Waals surface area contributed by atoms with Gasteiger partial charge in [-0.25, -0.2) is 0 Å². The predicted octanol–water partition coefficient (Wildman–Crippen LogP) is 2.09. The van der Waals surface area contributed by atoms with E-state index < -0.39 is 0 Å². The van der Waals surface area contributed by atoms with Crippen molar-refractivity contribution in [3.63, 3.8) is 0 Å². The molecule has 0 saturated heterocycles. The second-order valence-electron chi connectivity index (χ2n) is 4.63. The molecular weight excluding hydrogens is 162 g/mol. The topological polar surface area (TPSA) is 20.3 Å². The molecule has 1 rings (SSSR count). The SMILES string of the molecule is CC(=O)C1(CN(C)C)CCCCC1. The first kappa shape index (κ1) is 10.7. The molecule has 13 heavy (non-hydrogen) atoms. The van der Waals surface area contributed by atoms with Crippen LogP contribution < -0.4 is 0 Å². The van der Waals surface area contributed by atoms with E-state index in [0.29, 0.717) is 5.78 Å². The molecule has 0 radical (unpaired) electrons. The Morgan fingerprint density at radius 2 is 1.77 bits per heavy atom. The Kier molecular flexibility index (Phi) is 3.48. The monoisotopic (exact) mass is 183 g/mol. The number of carbonyl (C=O) groups excluding carboxylic acids is 1. The third kappa shape index (κ3) is 2.53. The molecule has 0 N–H and O–H groups in total. The zero-order valence-electron chi connectivity index (χ0n) is 9.10. The van der Waals surface area contributed by atoms with Gasteiger partial charge in [0, 0.05) is 12.0 Å². The Bertz CT molecular complexity index is 181. The second-order valence-corrected chi connectivity index (χ2v) is 4.63. The minimum absolute atomic E-state index is 0.0122. The van der Waals surface area contributed by atoms with Crippen molar-refractivity contribution in [2.75, 3.05) is 20.6 Å². The van der Waals surface area contributed by atoms with Gasteiger partial charge < -0.3 is 4.90 Å². The van der Waals surface area contributed by atoms with E-state index in [4.69, 9.17) is 0 Å². The van der Waals surface area contributed by atoms with Crippen LogP contribution in [0.25, 0.3) is 0 Å². The molecule has 0 unspecified atom stereocenters. The maximum atomic E-state index is 11.6. The summed E-state index contributed by atoms with van der Waals surface area (Å²) >= 11 is 0. The van der Waals surface area contributed by atoms with Crippen LogP contribution in [0.5, 0.6) is 0 Å². The van der Waals surface area contributed by atoms with E-state index in [9.17, 15) is 4.79 Å². The molecule has 0 aromatic rings. The number of hydrogen-bond donors (Lipinski definition) is 0. The number of Topliss-reactive ketones (excluding diaryl/α,β-unsaturated/α-hetero) is 1. The highest BCUT2D eigenvalue weighted by atomic mass is 16.1. The van der Waals surface area contributed by atoms with Crippen LogP contribution in [-0.2, 0) is 4.79 Å². The van der Waals surface area contributed by atoms with Crippen molar-refractivity contribution in [2.24, 2.45) is 5.41 Å². The number of rotatable bonds is 3. The lowest BCUT2D eigenvalue weighted by Gasteiger charge is -2.37. The molecule has 2 heteroatoms. The van der Waals surface area contributed by atoms with Gasteiger partial charge in [-0.1, -0.05) is 19.3 Å². The Labute approximate surface area is 81.3 Å². The summed E-state index contributed by atoms with van der Waals surface area (Å²) in [6.45, 7) is 2.69. The highest BCUT2D eigenvalue weighted by molar-refractivity contribution is 5.82. The molecule has 0 amide bonds. The van der Waals surface area contributed by atoms with Gasteiger partial charge in [0.1, 0.15) is 5.78 Å². The zero-order valence-corrected chi connectivity index (χ0v) is 9.10. The van der Waals surface area contributed by atoms with Gasteiger partial charge >= 0.3 is 0 Å². The summed E-state index contributed by atoms with van der Waals surface area (Å²) in [5, 5.41) is 0. The van der Waals surface area contributed by atoms with Crippen molar-refractivity contribution in [1.29, 1.82) is 0 Å². The second kappa shape index (κ2) is 4.23. The molecule has 2 nitrogen and oxygen atoms in total. The Morgan fingerprint density at radius 1 is 1.23 bits per heavy atom. The molecule has 0 bridgehead atoms. The van der Waals surface area contributed by atoms with Gasteiger partial charge in [-0.3, -0.25) is 4.79 Å². The third-order valence-electron chi connectivity index (χ3n) is 3.18. The van der Waals surface area contributed by atoms with Crippen LogP contribution >= 0.6 is 0 Å². The summed E-state index contributed by atoms with van der Waals surface area (Å²) in [5.41, 5.74) is -0.0122. The van der Waals surface area contributed by atoms with Crippen LogP contribution in [0.15, 0.2) is 0 Å². The largest absolute Gasteiger partial charge is 0.308 e. The van der Waals surface area contributed by atoms with Crippen molar-refractivity contribution in [1.82, 2.24) is 4.90 Å². The zero-order chi connectivity index (χ0) is 9.90. The predicted molar refractivity (Wildman–Crippen MR) is 54.8 cm³/mol. The maximum Gasteiger partial charge on any atom is 0.137 e. The number of carbonyl (C=O) groups is 1. The van der Waals surface area contributed by atoms with Crippen molar-refractivity contribution in [2.45, 2.75) is 39.0 Å². The minimum Gasteiger partial charge on any atom is -0.308 e. The van der Waals surface area contributed by atoms with Gasteiger partial charge in [0.2, 0.25) is 0 Å². The average molecular weight is 183 g/mol. The molecule has 1 aliphatic carbocycles. The lowest BCUT2D eigenvalue weighted by Crippen LogP contribution is -2.40. The molecule has 0 atom stereocenters. The van der Waals surface area contributed by atoms with E-state index in [1.54, 1.807) is 6.92 Å². The Hall–Kier alpha value is -0.370. The minimum atomic E-state index is -0.0122. The molecular formula is C11H21NO. The molecule has 1 aliphatic rings. The van der Waals surface area contributed by atoms with Gasteiger partial charge in [-0.05, 0) is 33.9 Å². The van der Waals surface area contributed by atoms with E-state index in [1.165, 1.54) is 19.3 Å². The maximum absolute atomic E-state index is 11.6. The first-order valence-electron chi connectivity index (χ1n) is 5.23. The van der Waals surface area contributed by atoms with Crippen molar-refractivity contribution >= 4 is 5.78 Å². The Balaban J connectivity index is 2.67. The molecule has 1 saturated carbocycles. The fourth-order valence-corrected chi connectivity index (χ4v) is 2.46. The lowest BCUT2D eigenvalue weighted by atomic mass is 9.71. The van der Waals surface area contributed by atoms with Crippen molar-refractivity contribution < 1.29 is 4.79 Å². The van der Waals surface area contributed by atoms with Gasteiger partial charge in [-0.2, -0.15) is 0 Å². The molecule has 0 aromatic heterocycles. The van der Waals surface area contributed by atoms with Crippen LogP contribution in [0.4, 0.5) is 0 Å². The lowest BCUT2D eigenvalue weighted by molar-refractivity contribution is -0.129. The number of nitrogens with zero attached hydrogens (tertiary/aromatic N) is 1. The van der Waals surface area contributed by atoms with Crippen molar-refractivity contribution in [3.05, 3.63) is 0 Å². The quantitative estimate of drug-likeness (QED) is 0.667. The van der Waals surface area contributed by atoms with E-state index in [0.717, 1.165) is 19.4 Å². The van der Waals surface area contributed by atoms with Crippen LogP contribution in [-0.4, -0.2) is 31.3 Å². The van der Waals surface area contributed by atoms with Crippen LogP contribution in [0, 0.1) is 5.41 Å². The smallest absolute Gasteiger partial charge is 0.137 e. The normalized spacial score (nSPS) is 21.8. The molecule has 0 spiro atoms.